The molecule has 0 aromatic heterocycles. The number of hydrogen-bond donors (Lipinski definition) is 0. The molecule has 0 aliphatic carbocycles. The number of hydrogen-bond acceptors (Lipinski definition) is 8. The van der Waals surface area contributed by atoms with E-state index in [0.717, 1.165) is 0 Å². The van der Waals surface area contributed by atoms with Crippen LogP contribution in [0.1, 0.15) is 26.2 Å². The SMILES string of the molecule is CCC(N=C=O)OC(=O)C(CCCN=C=O)N=C=O. The van der Waals surface area contributed by atoms with Crippen LogP contribution in [0.3, 0.4) is 0 Å². The number of nitrogens with zero attached hydrogens (tertiary/aromatic N) is 3. The fraction of sp³-hybridized carbons (Fsp3) is 0.636. The van der Waals surface area contributed by atoms with Crippen LogP contribution in [0, 0.1) is 0 Å². The summed E-state index contributed by atoms with van der Waals surface area (Å²) in [4.78, 5) is 51.7. The third kappa shape index (κ3) is 7.52. The van der Waals surface area contributed by atoms with Crippen molar-refractivity contribution < 1.29 is 23.9 Å². The number of esters is 1. The van der Waals surface area contributed by atoms with Crippen LogP contribution in [0.5, 0.6) is 0 Å². The first-order chi connectivity index (χ1) is 9.19. The molecule has 8 nitrogen and oxygen atoms in total. The van der Waals surface area contributed by atoms with Gasteiger partial charge in [-0.25, -0.2) is 24.2 Å². The molecule has 102 valence electrons. The van der Waals surface area contributed by atoms with Gasteiger partial charge in [0.2, 0.25) is 24.5 Å². The fourth-order valence-corrected chi connectivity index (χ4v) is 1.18. The molecule has 0 rings (SSSR count). The van der Waals surface area contributed by atoms with Crippen molar-refractivity contribution in [3.63, 3.8) is 0 Å². The minimum absolute atomic E-state index is 0.167. The van der Waals surface area contributed by atoms with Gasteiger partial charge in [-0.05, 0) is 12.8 Å². The monoisotopic (exact) mass is 267 g/mol. The summed E-state index contributed by atoms with van der Waals surface area (Å²) >= 11 is 0. The maximum atomic E-state index is 11.6. The number of isocyanates is 3. The molecule has 0 aliphatic heterocycles. The number of carbonyl (C=O) groups is 1. The van der Waals surface area contributed by atoms with E-state index in [0.29, 0.717) is 12.8 Å². The molecule has 0 spiro atoms. The van der Waals surface area contributed by atoms with Crippen LogP contribution < -0.4 is 0 Å². The van der Waals surface area contributed by atoms with E-state index in [-0.39, 0.29) is 13.0 Å². The Morgan fingerprint density at radius 3 is 2.37 bits per heavy atom. The van der Waals surface area contributed by atoms with E-state index in [2.05, 4.69) is 15.0 Å². The highest BCUT2D eigenvalue weighted by atomic mass is 16.6. The topological polar surface area (TPSA) is 115 Å². The van der Waals surface area contributed by atoms with Crippen molar-refractivity contribution in [3.8, 4) is 0 Å². The summed E-state index contributed by atoms with van der Waals surface area (Å²) in [6.45, 7) is 1.83. The zero-order valence-corrected chi connectivity index (χ0v) is 10.4. The molecule has 0 radical (unpaired) electrons. The quantitative estimate of drug-likeness (QED) is 0.260. The Bertz CT molecular complexity index is 432. The molecule has 0 N–H and O–H groups in total. The van der Waals surface area contributed by atoms with Crippen LogP contribution in [0.2, 0.25) is 0 Å². The number of ether oxygens (including phenoxy) is 1. The Balaban J connectivity index is 4.50. The van der Waals surface area contributed by atoms with E-state index >= 15 is 0 Å². The van der Waals surface area contributed by atoms with Crippen LogP contribution >= 0.6 is 0 Å². The zero-order chi connectivity index (χ0) is 14.5. The second kappa shape index (κ2) is 10.7. The number of carbonyl (C=O) groups excluding carboxylic acids is 4. The van der Waals surface area contributed by atoms with Crippen molar-refractivity contribution in [3.05, 3.63) is 0 Å². The lowest BCUT2D eigenvalue weighted by Gasteiger charge is -2.13. The summed E-state index contributed by atoms with van der Waals surface area (Å²) in [6.07, 6.45) is 3.79. The Morgan fingerprint density at radius 2 is 1.84 bits per heavy atom. The van der Waals surface area contributed by atoms with Gasteiger partial charge in [0.1, 0.15) is 0 Å². The Labute approximate surface area is 109 Å². The van der Waals surface area contributed by atoms with Gasteiger partial charge in [0, 0.05) is 6.42 Å². The Morgan fingerprint density at radius 1 is 1.16 bits per heavy atom. The third-order valence-corrected chi connectivity index (χ3v) is 2.09. The first-order valence-corrected chi connectivity index (χ1v) is 5.57. The second-order valence-electron chi connectivity index (χ2n) is 3.37. The lowest BCUT2D eigenvalue weighted by molar-refractivity contribution is -0.150. The normalized spacial score (nSPS) is 12.1. The molecule has 0 fully saturated rings. The van der Waals surface area contributed by atoms with Gasteiger partial charge in [0.05, 0.1) is 6.54 Å². The largest absolute Gasteiger partial charge is 0.437 e. The smallest absolute Gasteiger partial charge is 0.333 e. The molecular formula is C11H13N3O5. The molecule has 0 saturated carbocycles. The average Bonchev–Trinajstić information content (AvgIpc) is 2.41. The summed E-state index contributed by atoms with van der Waals surface area (Å²) in [7, 11) is 0. The van der Waals surface area contributed by atoms with Crippen LogP contribution in [0.15, 0.2) is 15.0 Å². The van der Waals surface area contributed by atoms with Gasteiger partial charge in [-0.3, -0.25) is 0 Å². The van der Waals surface area contributed by atoms with Gasteiger partial charge < -0.3 is 4.74 Å². The summed E-state index contributed by atoms with van der Waals surface area (Å²) in [5.41, 5.74) is 0. The molecule has 0 aromatic carbocycles. The first kappa shape index (κ1) is 16.6. The van der Waals surface area contributed by atoms with Gasteiger partial charge in [0.15, 0.2) is 6.04 Å². The number of aliphatic imine (C=N–C) groups is 3. The molecule has 0 aromatic rings. The van der Waals surface area contributed by atoms with Gasteiger partial charge in [0.25, 0.3) is 0 Å². The minimum Gasteiger partial charge on any atom is -0.437 e. The highest BCUT2D eigenvalue weighted by molar-refractivity contribution is 5.77. The molecule has 2 unspecified atom stereocenters. The molecule has 0 saturated heterocycles. The van der Waals surface area contributed by atoms with Crippen molar-refractivity contribution in [2.45, 2.75) is 38.5 Å². The van der Waals surface area contributed by atoms with E-state index in [4.69, 9.17) is 4.74 Å². The molecule has 2 atom stereocenters. The van der Waals surface area contributed by atoms with E-state index < -0.39 is 18.2 Å². The second-order valence-corrected chi connectivity index (χ2v) is 3.37. The Kier molecular flexibility index (Phi) is 9.39. The van der Waals surface area contributed by atoms with Crippen molar-refractivity contribution >= 4 is 24.2 Å². The fourth-order valence-electron chi connectivity index (χ4n) is 1.18. The van der Waals surface area contributed by atoms with Crippen LogP contribution in [0.25, 0.3) is 0 Å². The summed E-state index contributed by atoms with van der Waals surface area (Å²) in [5.74, 6) is -0.788. The predicted octanol–water partition coefficient (Wildman–Crippen LogP) is 0.422. The summed E-state index contributed by atoms with van der Waals surface area (Å²) in [5, 5.41) is 0. The van der Waals surface area contributed by atoms with E-state index in [9.17, 15) is 19.2 Å². The van der Waals surface area contributed by atoms with E-state index in [1.54, 1.807) is 6.92 Å². The van der Waals surface area contributed by atoms with Crippen molar-refractivity contribution in [2.75, 3.05) is 6.54 Å². The van der Waals surface area contributed by atoms with E-state index in [1.807, 2.05) is 0 Å². The highest BCUT2D eigenvalue weighted by Gasteiger charge is 2.22. The van der Waals surface area contributed by atoms with Crippen LogP contribution in [-0.2, 0) is 23.9 Å². The van der Waals surface area contributed by atoms with Gasteiger partial charge in [-0.2, -0.15) is 9.98 Å². The van der Waals surface area contributed by atoms with Crippen molar-refractivity contribution in [1.82, 2.24) is 0 Å². The summed E-state index contributed by atoms with van der Waals surface area (Å²) in [6, 6.07) is -1.05. The average molecular weight is 267 g/mol. The van der Waals surface area contributed by atoms with Crippen molar-refractivity contribution in [2.24, 2.45) is 15.0 Å². The summed E-state index contributed by atoms with van der Waals surface area (Å²) < 4.78 is 4.86. The predicted molar refractivity (Wildman–Crippen MR) is 62.4 cm³/mol. The molecular weight excluding hydrogens is 254 g/mol. The molecule has 0 heterocycles. The van der Waals surface area contributed by atoms with Crippen LogP contribution in [0.4, 0.5) is 0 Å². The van der Waals surface area contributed by atoms with Gasteiger partial charge >= 0.3 is 5.97 Å². The molecule has 19 heavy (non-hydrogen) atoms. The molecule has 8 heteroatoms. The van der Waals surface area contributed by atoms with Gasteiger partial charge in [-0.15, -0.1) is 0 Å². The standard InChI is InChI=1S/C11H13N3O5/c1-2-10(14-8-17)19-11(18)9(13-7-16)4-3-5-12-6-15/h9-10H,2-5H2,1H3. The lowest BCUT2D eigenvalue weighted by Crippen LogP contribution is -2.26. The molecule has 0 aliphatic rings. The molecule has 0 bridgehead atoms. The molecule has 0 amide bonds. The third-order valence-electron chi connectivity index (χ3n) is 2.09. The zero-order valence-electron chi connectivity index (χ0n) is 10.4. The van der Waals surface area contributed by atoms with Crippen molar-refractivity contribution in [1.29, 1.82) is 0 Å². The maximum Gasteiger partial charge on any atom is 0.333 e. The van der Waals surface area contributed by atoms with E-state index in [1.165, 1.54) is 18.2 Å². The first-order valence-electron chi connectivity index (χ1n) is 5.57. The number of rotatable bonds is 9. The van der Waals surface area contributed by atoms with Crippen LogP contribution in [-0.4, -0.2) is 43.0 Å². The highest BCUT2D eigenvalue weighted by Crippen LogP contribution is 2.08. The van der Waals surface area contributed by atoms with Gasteiger partial charge in [-0.1, -0.05) is 6.92 Å². The Hall–Kier alpha value is -2.39. The lowest BCUT2D eigenvalue weighted by atomic mass is 10.1. The minimum atomic E-state index is -1.05. The maximum absolute atomic E-state index is 11.6.